The summed E-state index contributed by atoms with van der Waals surface area (Å²) < 4.78 is 0. The third-order valence-electron chi connectivity index (χ3n) is 4.05. The van der Waals surface area contributed by atoms with E-state index in [1.807, 2.05) is 4.90 Å². The van der Waals surface area contributed by atoms with Crippen LogP contribution in [0, 0.1) is 17.0 Å². The van der Waals surface area contributed by atoms with Gasteiger partial charge < -0.3 is 10.6 Å². The summed E-state index contributed by atoms with van der Waals surface area (Å²) in [5.74, 6) is -0.116. The van der Waals surface area contributed by atoms with Gasteiger partial charge in [0.2, 0.25) is 0 Å². The summed E-state index contributed by atoms with van der Waals surface area (Å²) >= 11 is 0. The van der Waals surface area contributed by atoms with Crippen LogP contribution in [0.5, 0.6) is 0 Å². The minimum atomic E-state index is -0.468. The highest BCUT2D eigenvalue weighted by atomic mass is 16.6. The SMILES string of the molecule is Cc1ccc([N+](=O)[O-])cc1C(=O)N1CCCCC1CCN. The van der Waals surface area contributed by atoms with E-state index in [1.54, 1.807) is 13.0 Å². The predicted octanol–water partition coefficient (Wildman–Crippen LogP) is 2.25. The van der Waals surface area contributed by atoms with Crippen molar-refractivity contribution < 1.29 is 9.72 Å². The van der Waals surface area contributed by atoms with Crippen LogP contribution in [-0.4, -0.2) is 34.9 Å². The van der Waals surface area contributed by atoms with Gasteiger partial charge in [0.25, 0.3) is 11.6 Å². The van der Waals surface area contributed by atoms with Gasteiger partial charge >= 0.3 is 0 Å². The molecule has 1 heterocycles. The number of likely N-dealkylation sites (tertiary alicyclic amines) is 1. The summed E-state index contributed by atoms with van der Waals surface area (Å²) in [6.45, 7) is 3.05. The average molecular weight is 291 g/mol. The lowest BCUT2D eigenvalue weighted by atomic mass is 9.97. The second kappa shape index (κ2) is 6.67. The van der Waals surface area contributed by atoms with E-state index >= 15 is 0 Å². The Balaban J connectivity index is 2.29. The highest BCUT2D eigenvalue weighted by molar-refractivity contribution is 5.96. The van der Waals surface area contributed by atoms with Gasteiger partial charge in [-0.05, 0) is 44.7 Å². The molecule has 1 unspecified atom stereocenters. The van der Waals surface area contributed by atoms with Crippen molar-refractivity contribution in [3.63, 3.8) is 0 Å². The number of non-ortho nitro benzene ring substituents is 1. The zero-order valence-corrected chi connectivity index (χ0v) is 12.2. The molecule has 6 nitrogen and oxygen atoms in total. The van der Waals surface area contributed by atoms with Gasteiger partial charge in [-0.25, -0.2) is 0 Å². The van der Waals surface area contributed by atoms with Crippen LogP contribution in [0.2, 0.25) is 0 Å². The molecule has 1 fully saturated rings. The molecule has 0 aromatic heterocycles. The first-order valence-corrected chi connectivity index (χ1v) is 7.30. The van der Waals surface area contributed by atoms with Gasteiger partial charge in [-0.3, -0.25) is 14.9 Å². The molecular weight excluding hydrogens is 270 g/mol. The molecule has 1 aliphatic rings. The van der Waals surface area contributed by atoms with E-state index in [0.717, 1.165) is 31.2 Å². The molecule has 114 valence electrons. The number of carbonyl (C=O) groups is 1. The number of benzene rings is 1. The number of amides is 1. The second-order valence-electron chi connectivity index (χ2n) is 5.48. The molecule has 1 atom stereocenters. The number of hydrogen-bond donors (Lipinski definition) is 1. The van der Waals surface area contributed by atoms with E-state index < -0.39 is 4.92 Å². The Kier molecular flexibility index (Phi) is 4.90. The van der Waals surface area contributed by atoms with Gasteiger partial charge in [-0.15, -0.1) is 0 Å². The fraction of sp³-hybridized carbons (Fsp3) is 0.533. The molecule has 2 rings (SSSR count). The average Bonchev–Trinajstić information content (AvgIpc) is 2.47. The minimum Gasteiger partial charge on any atom is -0.336 e. The van der Waals surface area contributed by atoms with Crippen LogP contribution in [0.25, 0.3) is 0 Å². The number of aryl methyl sites for hydroxylation is 1. The first-order valence-electron chi connectivity index (χ1n) is 7.30. The number of rotatable bonds is 4. The standard InChI is InChI=1S/C15H21N3O3/c1-11-5-6-13(18(20)21)10-14(11)15(19)17-9-3-2-4-12(17)7-8-16/h5-6,10,12H,2-4,7-9,16H2,1H3. The van der Waals surface area contributed by atoms with Gasteiger partial charge in [-0.2, -0.15) is 0 Å². The van der Waals surface area contributed by atoms with Crippen LogP contribution in [0.1, 0.15) is 41.6 Å². The van der Waals surface area contributed by atoms with Crippen molar-refractivity contribution in [3.8, 4) is 0 Å². The molecule has 0 radical (unpaired) electrons. The van der Waals surface area contributed by atoms with E-state index in [0.29, 0.717) is 18.7 Å². The Hall–Kier alpha value is -1.95. The highest BCUT2D eigenvalue weighted by Crippen LogP contribution is 2.25. The van der Waals surface area contributed by atoms with Crippen molar-refractivity contribution in [1.29, 1.82) is 0 Å². The number of piperidine rings is 1. The van der Waals surface area contributed by atoms with Crippen LogP contribution in [-0.2, 0) is 0 Å². The molecule has 1 aromatic rings. The van der Waals surface area contributed by atoms with Crippen molar-refractivity contribution in [3.05, 3.63) is 39.4 Å². The lowest BCUT2D eigenvalue weighted by molar-refractivity contribution is -0.384. The maximum atomic E-state index is 12.7. The normalized spacial score (nSPS) is 18.6. The molecule has 1 aliphatic heterocycles. The van der Waals surface area contributed by atoms with Crippen molar-refractivity contribution >= 4 is 11.6 Å². The molecule has 1 aromatic carbocycles. The molecule has 0 bridgehead atoms. The second-order valence-corrected chi connectivity index (χ2v) is 5.48. The number of nitrogens with two attached hydrogens (primary N) is 1. The largest absolute Gasteiger partial charge is 0.336 e. The monoisotopic (exact) mass is 291 g/mol. The summed E-state index contributed by atoms with van der Waals surface area (Å²) in [5, 5.41) is 10.9. The molecule has 2 N–H and O–H groups in total. The molecule has 0 spiro atoms. The fourth-order valence-electron chi connectivity index (χ4n) is 2.87. The summed E-state index contributed by atoms with van der Waals surface area (Å²) in [4.78, 5) is 25.0. The molecule has 21 heavy (non-hydrogen) atoms. The van der Waals surface area contributed by atoms with Crippen molar-refractivity contribution in [2.75, 3.05) is 13.1 Å². The molecular formula is C15H21N3O3. The van der Waals surface area contributed by atoms with Gasteiger partial charge in [0.05, 0.1) is 4.92 Å². The van der Waals surface area contributed by atoms with Crippen LogP contribution in [0.3, 0.4) is 0 Å². The maximum Gasteiger partial charge on any atom is 0.270 e. The topological polar surface area (TPSA) is 89.5 Å². The number of carbonyl (C=O) groups excluding carboxylic acids is 1. The van der Waals surface area contributed by atoms with Crippen LogP contribution in [0.15, 0.2) is 18.2 Å². The first-order chi connectivity index (χ1) is 10.0. The quantitative estimate of drug-likeness (QED) is 0.680. The molecule has 0 aliphatic carbocycles. The zero-order chi connectivity index (χ0) is 15.4. The summed E-state index contributed by atoms with van der Waals surface area (Å²) in [6, 6.07) is 4.59. The van der Waals surface area contributed by atoms with E-state index in [2.05, 4.69) is 0 Å². The molecule has 6 heteroatoms. The number of nitrogens with zero attached hydrogens (tertiary/aromatic N) is 2. The summed E-state index contributed by atoms with van der Waals surface area (Å²) in [7, 11) is 0. The van der Waals surface area contributed by atoms with Gasteiger partial charge in [-0.1, -0.05) is 6.07 Å². The Bertz CT molecular complexity index is 543. The predicted molar refractivity (Wildman–Crippen MR) is 80.2 cm³/mol. The van der Waals surface area contributed by atoms with Crippen LogP contribution >= 0.6 is 0 Å². The molecule has 0 saturated carbocycles. The Morgan fingerprint density at radius 3 is 2.90 bits per heavy atom. The Morgan fingerprint density at radius 2 is 2.24 bits per heavy atom. The molecule has 1 saturated heterocycles. The van der Waals surface area contributed by atoms with Gasteiger partial charge in [0, 0.05) is 30.3 Å². The zero-order valence-electron chi connectivity index (χ0n) is 12.2. The third-order valence-corrected chi connectivity index (χ3v) is 4.05. The summed E-state index contributed by atoms with van der Waals surface area (Å²) in [6.07, 6.45) is 3.81. The first kappa shape index (κ1) is 15.4. The number of hydrogen-bond acceptors (Lipinski definition) is 4. The Labute approximate surface area is 124 Å². The van der Waals surface area contributed by atoms with Crippen LogP contribution in [0.4, 0.5) is 5.69 Å². The smallest absolute Gasteiger partial charge is 0.270 e. The number of nitro groups is 1. The summed E-state index contributed by atoms with van der Waals surface area (Å²) in [5.41, 5.74) is 6.77. The Morgan fingerprint density at radius 1 is 1.48 bits per heavy atom. The van der Waals surface area contributed by atoms with Crippen molar-refractivity contribution in [1.82, 2.24) is 4.90 Å². The fourth-order valence-corrected chi connectivity index (χ4v) is 2.87. The van der Waals surface area contributed by atoms with Gasteiger partial charge in [0.15, 0.2) is 0 Å². The van der Waals surface area contributed by atoms with Crippen molar-refractivity contribution in [2.24, 2.45) is 5.73 Å². The van der Waals surface area contributed by atoms with Crippen LogP contribution < -0.4 is 5.73 Å². The number of nitro benzene ring substituents is 1. The van der Waals surface area contributed by atoms with E-state index in [4.69, 9.17) is 5.73 Å². The van der Waals surface area contributed by atoms with Gasteiger partial charge in [0.1, 0.15) is 0 Å². The lowest BCUT2D eigenvalue weighted by Gasteiger charge is -2.36. The highest BCUT2D eigenvalue weighted by Gasteiger charge is 2.28. The van der Waals surface area contributed by atoms with Crippen molar-refractivity contribution in [2.45, 2.75) is 38.6 Å². The lowest BCUT2D eigenvalue weighted by Crippen LogP contribution is -2.44. The van der Waals surface area contributed by atoms with E-state index in [1.165, 1.54) is 12.1 Å². The molecule has 1 amide bonds. The van der Waals surface area contributed by atoms with E-state index in [-0.39, 0.29) is 17.6 Å². The maximum absolute atomic E-state index is 12.7. The minimum absolute atomic E-state index is 0.0451. The van der Waals surface area contributed by atoms with E-state index in [9.17, 15) is 14.9 Å². The third kappa shape index (κ3) is 3.39.